The van der Waals surface area contributed by atoms with Crippen LogP contribution in [0.5, 0.6) is 5.75 Å². The maximum absolute atomic E-state index is 11.9. The molecular formula is C20H31IN4O3. The van der Waals surface area contributed by atoms with Crippen LogP contribution in [0.3, 0.4) is 0 Å². The summed E-state index contributed by atoms with van der Waals surface area (Å²) in [6, 6.07) is 8.29. The maximum atomic E-state index is 11.9. The molecule has 1 saturated carbocycles. The van der Waals surface area contributed by atoms with E-state index in [0.717, 1.165) is 30.6 Å². The quantitative estimate of drug-likeness (QED) is 0.241. The lowest BCUT2D eigenvalue weighted by molar-refractivity contribution is -0.120. The summed E-state index contributed by atoms with van der Waals surface area (Å²) in [6.45, 7) is 1.16. The molecule has 1 spiro atoms. The van der Waals surface area contributed by atoms with E-state index in [1.807, 2.05) is 18.2 Å². The molecule has 0 aromatic heterocycles. The van der Waals surface area contributed by atoms with Crippen molar-refractivity contribution >= 4 is 35.8 Å². The van der Waals surface area contributed by atoms with Gasteiger partial charge in [0.2, 0.25) is 5.91 Å². The molecule has 2 aliphatic rings. The van der Waals surface area contributed by atoms with Crippen molar-refractivity contribution in [1.82, 2.24) is 16.0 Å². The minimum Gasteiger partial charge on any atom is -0.487 e. The van der Waals surface area contributed by atoms with Gasteiger partial charge >= 0.3 is 0 Å². The SMILES string of the molecule is CN=C(NCC(=O)NCCOC)NC1CC2(CCCC2)Oc2ccccc21.I. The number of para-hydroxylation sites is 1. The predicted octanol–water partition coefficient (Wildman–Crippen LogP) is 2.37. The first-order valence-electron chi connectivity index (χ1n) is 9.66. The molecule has 0 saturated heterocycles. The van der Waals surface area contributed by atoms with E-state index in [0.29, 0.717) is 19.1 Å². The zero-order valence-electron chi connectivity index (χ0n) is 16.6. The first-order chi connectivity index (χ1) is 13.2. The van der Waals surface area contributed by atoms with Gasteiger partial charge in [-0.3, -0.25) is 9.79 Å². The molecule has 1 amide bonds. The fraction of sp³-hybridized carbons (Fsp3) is 0.600. The summed E-state index contributed by atoms with van der Waals surface area (Å²) in [4.78, 5) is 16.2. The summed E-state index contributed by atoms with van der Waals surface area (Å²) in [6.07, 6.45) is 5.51. The number of amides is 1. The highest BCUT2D eigenvalue weighted by Gasteiger charge is 2.43. The van der Waals surface area contributed by atoms with Gasteiger partial charge in [0.25, 0.3) is 0 Å². The van der Waals surface area contributed by atoms with E-state index >= 15 is 0 Å². The molecule has 1 aliphatic carbocycles. The Morgan fingerprint density at radius 2 is 2.04 bits per heavy atom. The number of carbonyl (C=O) groups is 1. The van der Waals surface area contributed by atoms with E-state index < -0.39 is 0 Å². The van der Waals surface area contributed by atoms with Gasteiger partial charge in [0, 0.05) is 32.7 Å². The van der Waals surface area contributed by atoms with Crippen LogP contribution >= 0.6 is 24.0 Å². The summed E-state index contributed by atoms with van der Waals surface area (Å²) >= 11 is 0. The van der Waals surface area contributed by atoms with Gasteiger partial charge in [-0.25, -0.2) is 0 Å². The van der Waals surface area contributed by atoms with Crippen molar-refractivity contribution in [1.29, 1.82) is 0 Å². The standard InChI is InChI=1S/C20H30N4O3.HI/c1-21-19(23-14-18(25)22-11-12-26-2)24-16-13-20(9-5-6-10-20)27-17-8-4-3-7-15(16)17;/h3-4,7-8,16H,5-6,9-14H2,1-2H3,(H,22,25)(H2,21,23,24);1H. The van der Waals surface area contributed by atoms with Crippen molar-refractivity contribution in [3.05, 3.63) is 29.8 Å². The van der Waals surface area contributed by atoms with E-state index in [2.05, 4.69) is 27.0 Å². The molecule has 1 atom stereocenters. The first-order valence-corrected chi connectivity index (χ1v) is 9.66. The molecule has 0 bridgehead atoms. The lowest BCUT2D eigenvalue weighted by Gasteiger charge is -2.40. The van der Waals surface area contributed by atoms with Crippen LogP contribution in [0.2, 0.25) is 0 Å². The highest BCUT2D eigenvalue weighted by Crippen LogP contribution is 2.46. The number of aliphatic imine (C=N–C) groups is 1. The Hall–Kier alpha value is -1.55. The minimum atomic E-state index is -0.0883. The van der Waals surface area contributed by atoms with Gasteiger partial charge in [-0.15, -0.1) is 24.0 Å². The Morgan fingerprint density at radius 1 is 1.29 bits per heavy atom. The van der Waals surface area contributed by atoms with Crippen LogP contribution < -0.4 is 20.7 Å². The summed E-state index contributed by atoms with van der Waals surface area (Å²) in [7, 11) is 3.33. The number of hydrogen-bond donors (Lipinski definition) is 3. The first kappa shape index (κ1) is 22.7. The Bertz CT molecular complexity index is 677. The van der Waals surface area contributed by atoms with Gasteiger partial charge in [0.05, 0.1) is 19.2 Å². The van der Waals surface area contributed by atoms with E-state index in [1.165, 1.54) is 12.8 Å². The molecule has 1 aliphatic heterocycles. The zero-order valence-corrected chi connectivity index (χ0v) is 19.0. The van der Waals surface area contributed by atoms with Crippen LogP contribution in [0, 0.1) is 0 Å². The lowest BCUT2D eigenvalue weighted by Crippen LogP contribution is -2.48. The van der Waals surface area contributed by atoms with Crippen LogP contribution in [0.4, 0.5) is 0 Å². The van der Waals surface area contributed by atoms with E-state index in [9.17, 15) is 4.79 Å². The van der Waals surface area contributed by atoms with Crippen LogP contribution in [0.25, 0.3) is 0 Å². The molecular weight excluding hydrogens is 471 g/mol. The molecule has 3 N–H and O–H groups in total. The summed E-state index contributed by atoms with van der Waals surface area (Å²) in [5.74, 6) is 1.48. The number of benzene rings is 1. The van der Waals surface area contributed by atoms with Gasteiger partial charge < -0.3 is 25.4 Å². The van der Waals surface area contributed by atoms with Gasteiger partial charge in [-0.05, 0) is 31.7 Å². The van der Waals surface area contributed by atoms with Crippen LogP contribution in [-0.2, 0) is 9.53 Å². The number of ether oxygens (including phenoxy) is 2. The van der Waals surface area contributed by atoms with Crippen molar-refractivity contribution in [2.75, 3.05) is 33.9 Å². The molecule has 1 aromatic carbocycles. The number of hydrogen-bond acceptors (Lipinski definition) is 4. The average Bonchev–Trinajstić information content (AvgIpc) is 3.12. The predicted molar refractivity (Wildman–Crippen MR) is 120 cm³/mol. The van der Waals surface area contributed by atoms with Crippen molar-refractivity contribution in [3.63, 3.8) is 0 Å². The van der Waals surface area contributed by atoms with E-state index in [-0.39, 0.29) is 48.1 Å². The average molecular weight is 502 g/mol. The molecule has 1 fully saturated rings. The van der Waals surface area contributed by atoms with Crippen LogP contribution in [0.15, 0.2) is 29.3 Å². The number of guanidine groups is 1. The normalized spacial score (nSPS) is 19.9. The molecule has 8 heteroatoms. The zero-order chi connectivity index (χ0) is 19.1. The lowest BCUT2D eigenvalue weighted by atomic mass is 9.86. The molecule has 28 heavy (non-hydrogen) atoms. The van der Waals surface area contributed by atoms with E-state index in [4.69, 9.17) is 9.47 Å². The minimum absolute atomic E-state index is 0. The number of methoxy groups -OCH3 is 1. The Kier molecular flexibility index (Phi) is 8.81. The Balaban J connectivity index is 0.00000280. The largest absolute Gasteiger partial charge is 0.487 e. The Morgan fingerprint density at radius 3 is 2.75 bits per heavy atom. The molecule has 0 radical (unpaired) electrons. The fourth-order valence-corrected chi connectivity index (χ4v) is 3.95. The summed E-state index contributed by atoms with van der Waals surface area (Å²) < 4.78 is 11.3. The van der Waals surface area contributed by atoms with Gasteiger partial charge in [-0.1, -0.05) is 18.2 Å². The fourth-order valence-electron chi connectivity index (χ4n) is 3.95. The highest BCUT2D eigenvalue weighted by atomic mass is 127. The second kappa shape index (κ2) is 10.8. The van der Waals surface area contributed by atoms with Crippen LogP contribution in [0.1, 0.15) is 43.7 Å². The van der Waals surface area contributed by atoms with Crippen molar-refractivity contribution in [2.45, 2.75) is 43.7 Å². The van der Waals surface area contributed by atoms with Crippen molar-refractivity contribution in [3.8, 4) is 5.75 Å². The number of halogens is 1. The molecule has 156 valence electrons. The molecule has 1 aromatic rings. The topological polar surface area (TPSA) is 84.0 Å². The molecule has 3 rings (SSSR count). The third kappa shape index (κ3) is 5.73. The highest BCUT2D eigenvalue weighted by molar-refractivity contribution is 14.0. The van der Waals surface area contributed by atoms with Gasteiger partial charge in [-0.2, -0.15) is 0 Å². The van der Waals surface area contributed by atoms with Crippen molar-refractivity contribution < 1.29 is 14.3 Å². The third-order valence-corrected chi connectivity index (χ3v) is 5.29. The number of rotatable bonds is 6. The maximum Gasteiger partial charge on any atom is 0.239 e. The van der Waals surface area contributed by atoms with Gasteiger partial charge in [0.1, 0.15) is 11.4 Å². The monoisotopic (exact) mass is 502 g/mol. The summed E-state index contributed by atoms with van der Waals surface area (Å²) in [5, 5.41) is 9.38. The van der Waals surface area contributed by atoms with Crippen LogP contribution in [-0.4, -0.2) is 51.3 Å². The number of nitrogens with zero attached hydrogens (tertiary/aromatic N) is 1. The van der Waals surface area contributed by atoms with E-state index in [1.54, 1.807) is 14.2 Å². The van der Waals surface area contributed by atoms with Gasteiger partial charge in [0.15, 0.2) is 5.96 Å². The smallest absolute Gasteiger partial charge is 0.239 e. The van der Waals surface area contributed by atoms with Crippen molar-refractivity contribution in [2.24, 2.45) is 4.99 Å². The third-order valence-electron chi connectivity index (χ3n) is 5.29. The number of carbonyl (C=O) groups excluding carboxylic acids is 1. The Labute approximate surface area is 184 Å². The number of nitrogens with one attached hydrogen (secondary N) is 3. The molecule has 1 heterocycles. The second-order valence-corrected chi connectivity index (χ2v) is 7.20. The summed E-state index contributed by atoms with van der Waals surface area (Å²) in [5.41, 5.74) is 1.06. The second-order valence-electron chi connectivity index (χ2n) is 7.20. The number of fused-ring (bicyclic) bond motifs is 1. The molecule has 7 nitrogen and oxygen atoms in total. The molecule has 1 unspecified atom stereocenters.